The minimum Gasteiger partial charge on any atom is -0.493 e. The molecule has 0 N–H and O–H groups in total. The Bertz CT molecular complexity index is 1070. The third-order valence-corrected chi connectivity index (χ3v) is 5.53. The molecule has 0 radical (unpaired) electrons. The molecule has 0 bridgehead atoms. The van der Waals surface area contributed by atoms with Gasteiger partial charge in [0.25, 0.3) is 0 Å². The van der Waals surface area contributed by atoms with Crippen molar-refractivity contribution in [3.05, 3.63) is 90.0 Å². The number of rotatable bonds is 7. The summed E-state index contributed by atoms with van der Waals surface area (Å²) in [5.41, 5.74) is 2.43. The Morgan fingerprint density at radius 1 is 0.968 bits per heavy atom. The topological polar surface area (TPSA) is 51.1 Å². The third kappa shape index (κ3) is 4.61. The molecule has 0 aromatic heterocycles. The van der Waals surface area contributed by atoms with Crippen molar-refractivity contribution in [2.75, 3.05) is 18.7 Å². The van der Waals surface area contributed by atoms with Gasteiger partial charge in [-0.15, -0.1) is 0 Å². The number of para-hydroxylation sites is 1. The molecule has 1 aliphatic rings. The molecule has 0 aliphatic carbocycles. The van der Waals surface area contributed by atoms with E-state index in [2.05, 4.69) is 17.2 Å². The van der Waals surface area contributed by atoms with Gasteiger partial charge >= 0.3 is 0 Å². The van der Waals surface area contributed by atoms with Crippen molar-refractivity contribution in [1.82, 2.24) is 0 Å². The van der Waals surface area contributed by atoms with Gasteiger partial charge in [0.2, 0.25) is 5.91 Å². The summed E-state index contributed by atoms with van der Waals surface area (Å²) in [7, 11) is 1.63. The van der Waals surface area contributed by atoms with Gasteiger partial charge in [-0.3, -0.25) is 4.79 Å². The van der Waals surface area contributed by atoms with E-state index in [1.54, 1.807) is 7.11 Å². The Hall–Kier alpha value is -3.60. The summed E-state index contributed by atoms with van der Waals surface area (Å²) < 4.78 is 11.5. The van der Waals surface area contributed by atoms with Gasteiger partial charge in [-0.25, -0.2) is 5.01 Å². The molecule has 31 heavy (non-hydrogen) atoms. The maximum absolute atomic E-state index is 12.9. The molecule has 5 heteroatoms. The first-order valence-corrected chi connectivity index (χ1v) is 10.4. The first kappa shape index (κ1) is 20.7. The highest BCUT2D eigenvalue weighted by atomic mass is 16.5. The molecule has 0 spiro atoms. The molecule has 1 amide bonds. The molecule has 1 unspecified atom stereocenters. The quantitative estimate of drug-likeness (QED) is 0.547. The van der Waals surface area contributed by atoms with E-state index in [9.17, 15) is 4.79 Å². The van der Waals surface area contributed by atoms with Crippen molar-refractivity contribution >= 4 is 17.8 Å². The number of carbonyl (C=O) groups excluding carboxylic acids is 1. The third-order valence-electron chi connectivity index (χ3n) is 5.53. The highest BCUT2D eigenvalue weighted by molar-refractivity contribution is 6.00. The van der Waals surface area contributed by atoms with Gasteiger partial charge < -0.3 is 9.47 Å². The van der Waals surface area contributed by atoms with Gasteiger partial charge in [0.15, 0.2) is 11.5 Å². The summed E-state index contributed by atoms with van der Waals surface area (Å²) in [6, 6.07) is 25.5. The van der Waals surface area contributed by atoms with E-state index in [0.717, 1.165) is 17.7 Å². The van der Waals surface area contributed by atoms with Gasteiger partial charge in [-0.05, 0) is 42.3 Å². The fourth-order valence-corrected chi connectivity index (χ4v) is 3.71. The Morgan fingerprint density at radius 2 is 1.68 bits per heavy atom. The van der Waals surface area contributed by atoms with E-state index in [0.29, 0.717) is 24.5 Å². The van der Waals surface area contributed by atoms with Crippen molar-refractivity contribution < 1.29 is 14.3 Å². The average Bonchev–Trinajstić information content (AvgIpc) is 2.80. The Kier molecular flexibility index (Phi) is 6.03. The number of nitrogens with zero attached hydrogens (tertiary/aromatic N) is 2. The smallest absolute Gasteiger partial charge is 0.248 e. The van der Waals surface area contributed by atoms with E-state index >= 15 is 0 Å². The zero-order chi connectivity index (χ0) is 21.7. The van der Waals surface area contributed by atoms with Crippen molar-refractivity contribution in [3.63, 3.8) is 0 Å². The fraction of sp³-hybridized carbons (Fsp3) is 0.231. The predicted molar refractivity (Wildman–Crippen MR) is 123 cm³/mol. The summed E-state index contributed by atoms with van der Waals surface area (Å²) >= 11 is 0. The summed E-state index contributed by atoms with van der Waals surface area (Å²) in [6.07, 6.45) is 2.97. The minimum atomic E-state index is -0.522. The van der Waals surface area contributed by atoms with Crippen LogP contribution < -0.4 is 14.5 Å². The van der Waals surface area contributed by atoms with E-state index in [-0.39, 0.29) is 5.91 Å². The number of anilines is 1. The number of hydrogen-bond acceptors (Lipinski definition) is 4. The molecule has 158 valence electrons. The van der Waals surface area contributed by atoms with Crippen molar-refractivity contribution in [1.29, 1.82) is 0 Å². The normalized spacial score (nSPS) is 18.1. The van der Waals surface area contributed by atoms with Gasteiger partial charge in [0.05, 0.1) is 19.4 Å². The average molecular weight is 415 g/mol. The van der Waals surface area contributed by atoms with Crippen LogP contribution in [0.15, 0.2) is 84.0 Å². The van der Waals surface area contributed by atoms with Crippen LogP contribution in [-0.2, 0) is 16.6 Å². The number of benzene rings is 3. The minimum absolute atomic E-state index is 0.0430. The van der Waals surface area contributed by atoms with Crippen LogP contribution >= 0.6 is 0 Å². The molecule has 4 rings (SSSR count). The SMILES string of the molecule is COc1ccc(C2(C)C=NN(c3ccccc3)C(=O)C2)cc1OCCc1ccccc1. The van der Waals surface area contributed by atoms with Gasteiger partial charge in [0, 0.05) is 24.5 Å². The Balaban J connectivity index is 1.53. The van der Waals surface area contributed by atoms with Crippen LogP contribution in [-0.4, -0.2) is 25.8 Å². The van der Waals surface area contributed by atoms with Gasteiger partial charge in [-0.1, -0.05) is 54.6 Å². The molecule has 0 fully saturated rings. The second-order valence-corrected chi connectivity index (χ2v) is 7.83. The Labute approximate surface area is 182 Å². The number of carbonyl (C=O) groups is 1. The zero-order valence-electron chi connectivity index (χ0n) is 17.8. The highest BCUT2D eigenvalue weighted by Gasteiger charge is 2.35. The Morgan fingerprint density at radius 3 is 2.35 bits per heavy atom. The molecular weight excluding hydrogens is 388 g/mol. The molecule has 0 saturated heterocycles. The summed E-state index contributed by atoms with van der Waals surface area (Å²) in [5, 5.41) is 5.93. The van der Waals surface area contributed by atoms with Crippen LogP contribution in [0.1, 0.15) is 24.5 Å². The lowest BCUT2D eigenvalue weighted by molar-refractivity contribution is -0.119. The molecule has 1 aliphatic heterocycles. The van der Waals surface area contributed by atoms with Crippen molar-refractivity contribution in [2.45, 2.75) is 25.2 Å². The second kappa shape index (κ2) is 9.04. The molecule has 3 aromatic rings. The van der Waals surface area contributed by atoms with Crippen LogP contribution in [0.4, 0.5) is 5.69 Å². The van der Waals surface area contributed by atoms with Crippen LogP contribution in [0.25, 0.3) is 0 Å². The summed E-state index contributed by atoms with van der Waals surface area (Å²) in [5.74, 6) is 1.30. The molecule has 1 heterocycles. The number of ether oxygens (including phenoxy) is 2. The highest BCUT2D eigenvalue weighted by Crippen LogP contribution is 2.37. The van der Waals surface area contributed by atoms with E-state index < -0.39 is 5.41 Å². The van der Waals surface area contributed by atoms with Crippen molar-refractivity contribution in [2.24, 2.45) is 5.10 Å². The predicted octanol–water partition coefficient (Wildman–Crippen LogP) is 5.00. The molecule has 0 saturated carbocycles. The zero-order valence-corrected chi connectivity index (χ0v) is 17.8. The molecular formula is C26H26N2O3. The number of amides is 1. The monoisotopic (exact) mass is 414 g/mol. The fourth-order valence-electron chi connectivity index (χ4n) is 3.71. The van der Waals surface area contributed by atoms with Gasteiger partial charge in [-0.2, -0.15) is 5.10 Å². The largest absolute Gasteiger partial charge is 0.493 e. The van der Waals surface area contributed by atoms with Crippen LogP contribution in [0, 0.1) is 0 Å². The standard InChI is InChI=1S/C26H26N2O3/c1-26(18-25(29)28(27-19-26)22-11-7-4-8-12-22)21-13-14-23(30-2)24(17-21)31-16-15-20-9-5-3-6-10-20/h3-14,17,19H,15-16,18H2,1-2H3. The van der Waals surface area contributed by atoms with Crippen LogP contribution in [0.2, 0.25) is 0 Å². The lowest BCUT2D eigenvalue weighted by Gasteiger charge is -2.32. The second-order valence-electron chi connectivity index (χ2n) is 7.83. The number of methoxy groups -OCH3 is 1. The van der Waals surface area contributed by atoms with Crippen LogP contribution in [0.3, 0.4) is 0 Å². The summed E-state index contributed by atoms with van der Waals surface area (Å²) in [6.45, 7) is 2.56. The van der Waals surface area contributed by atoms with Crippen LogP contribution in [0.5, 0.6) is 11.5 Å². The van der Waals surface area contributed by atoms with E-state index in [1.165, 1.54) is 10.6 Å². The van der Waals surface area contributed by atoms with Gasteiger partial charge in [0.1, 0.15) is 0 Å². The molecule has 5 nitrogen and oxygen atoms in total. The number of hydrogen-bond donors (Lipinski definition) is 0. The first-order chi connectivity index (χ1) is 15.1. The molecule has 3 aromatic carbocycles. The molecule has 1 atom stereocenters. The lowest BCUT2D eigenvalue weighted by Crippen LogP contribution is -2.40. The summed E-state index contributed by atoms with van der Waals surface area (Å²) in [4.78, 5) is 12.9. The van der Waals surface area contributed by atoms with E-state index in [1.807, 2.05) is 79.9 Å². The van der Waals surface area contributed by atoms with Crippen molar-refractivity contribution in [3.8, 4) is 11.5 Å². The maximum atomic E-state index is 12.9. The maximum Gasteiger partial charge on any atom is 0.248 e. The van der Waals surface area contributed by atoms with E-state index in [4.69, 9.17) is 9.47 Å². The first-order valence-electron chi connectivity index (χ1n) is 10.4. The number of hydrazone groups is 1. The lowest BCUT2D eigenvalue weighted by atomic mass is 9.79.